The number of hydrazine groups is 1. The van der Waals surface area contributed by atoms with Gasteiger partial charge in [-0.1, -0.05) is 50.2 Å². The quantitative estimate of drug-likeness (QED) is 0.514. The van der Waals surface area contributed by atoms with Gasteiger partial charge in [-0.15, -0.1) is 0 Å². The van der Waals surface area contributed by atoms with Crippen LogP contribution in [0.25, 0.3) is 0 Å². The van der Waals surface area contributed by atoms with Crippen LogP contribution >= 0.6 is 11.8 Å². The van der Waals surface area contributed by atoms with Crippen LogP contribution in [0.15, 0.2) is 40.3 Å². The summed E-state index contributed by atoms with van der Waals surface area (Å²) in [6.45, 7) is 8.34. The molecule has 2 rings (SSSR count). The second kappa shape index (κ2) is 5.81. The van der Waals surface area contributed by atoms with E-state index in [9.17, 15) is 0 Å². The number of nitrogens with zero attached hydrogens (tertiary/aromatic N) is 2. The summed E-state index contributed by atoms with van der Waals surface area (Å²) in [6.07, 6.45) is 0. The lowest BCUT2D eigenvalue weighted by Gasteiger charge is -2.18. The highest BCUT2D eigenvalue weighted by Crippen LogP contribution is 2.29. The van der Waals surface area contributed by atoms with Crippen LogP contribution in [0.3, 0.4) is 0 Å². The predicted octanol–water partition coefficient (Wildman–Crippen LogP) is 3.52. The number of aryl methyl sites for hydroxylation is 1. The van der Waals surface area contributed by atoms with Crippen molar-refractivity contribution >= 4 is 17.6 Å². The van der Waals surface area contributed by atoms with Crippen molar-refractivity contribution in [2.75, 3.05) is 5.43 Å². The van der Waals surface area contributed by atoms with Gasteiger partial charge < -0.3 is 5.43 Å². The standard InChI is InChI=1S/C15H20N4S/c1-10-5-7-11(8-6-10)20-13-9-12(19-16)17-14(18-13)15(2,3)4/h5-9H,16H2,1-4H3,(H,17,18,19). The Bertz CT molecular complexity index is 588. The fraction of sp³-hybridized carbons (Fsp3) is 0.333. The van der Waals surface area contributed by atoms with E-state index in [1.165, 1.54) is 5.56 Å². The van der Waals surface area contributed by atoms with E-state index in [1.54, 1.807) is 11.8 Å². The molecule has 1 aromatic heterocycles. The highest BCUT2D eigenvalue weighted by atomic mass is 32.2. The van der Waals surface area contributed by atoms with Gasteiger partial charge in [0.05, 0.1) is 0 Å². The van der Waals surface area contributed by atoms with Crippen molar-refractivity contribution in [1.82, 2.24) is 9.97 Å². The molecule has 0 aliphatic rings. The van der Waals surface area contributed by atoms with Crippen LogP contribution in [0, 0.1) is 6.92 Å². The molecule has 0 radical (unpaired) electrons. The molecular weight excluding hydrogens is 268 g/mol. The zero-order valence-electron chi connectivity index (χ0n) is 12.3. The maximum Gasteiger partial charge on any atom is 0.144 e. The lowest BCUT2D eigenvalue weighted by atomic mass is 9.96. The van der Waals surface area contributed by atoms with Gasteiger partial charge in [-0.05, 0) is 19.1 Å². The van der Waals surface area contributed by atoms with Crippen LogP contribution < -0.4 is 11.3 Å². The minimum absolute atomic E-state index is 0.116. The van der Waals surface area contributed by atoms with E-state index < -0.39 is 0 Å². The SMILES string of the molecule is Cc1ccc(Sc2cc(NN)nc(C(C)(C)C)n2)cc1. The second-order valence-corrected chi connectivity index (χ2v) is 6.82. The predicted molar refractivity (Wildman–Crippen MR) is 83.8 cm³/mol. The number of hydrogen-bond donors (Lipinski definition) is 2. The summed E-state index contributed by atoms with van der Waals surface area (Å²) >= 11 is 1.61. The number of rotatable bonds is 3. The molecule has 3 N–H and O–H groups in total. The van der Waals surface area contributed by atoms with E-state index in [0.29, 0.717) is 5.82 Å². The zero-order valence-corrected chi connectivity index (χ0v) is 13.1. The number of hydrogen-bond acceptors (Lipinski definition) is 5. The van der Waals surface area contributed by atoms with Gasteiger partial charge >= 0.3 is 0 Å². The third-order valence-electron chi connectivity index (χ3n) is 2.76. The lowest BCUT2D eigenvalue weighted by molar-refractivity contribution is 0.539. The smallest absolute Gasteiger partial charge is 0.144 e. The average molecular weight is 288 g/mol. The normalized spacial score (nSPS) is 11.4. The van der Waals surface area contributed by atoms with Crippen LogP contribution in [-0.4, -0.2) is 9.97 Å². The van der Waals surface area contributed by atoms with Crippen molar-refractivity contribution in [3.63, 3.8) is 0 Å². The number of nitrogens with one attached hydrogen (secondary N) is 1. The molecule has 0 saturated carbocycles. The Morgan fingerprint density at radius 2 is 1.75 bits per heavy atom. The van der Waals surface area contributed by atoms with Gasteiger partial charge in [0.2, 0.25) is 0 Å². The van der Waals surface area contributed by atoms with Crippen molar-refractivity contribution < 1.29 is 0 Å². The van der Waals surface area contributed by atoms with E-state index in [0.717, 1.165) is 15.7 Å². The monoisotopic (exact) mass is 288 g/mol. The number of nitrogen functional groups attached to an aromatic ring is 1. The largest absolute Gasteiger partial charge is 0.308 e. The van der Waals surface area contributed by atoms with Crippen LogP contribution in [0.4, 0.5) is 5.82 Å². The highest BCUT2D eigenvalue weighted by Gasteiger charge is 2.19. The van der Waals surface area contributed by atoms with Crippen molar-refractivity contribution in [2.45, 2.75) is 43.0 Å². The Kier molecular flexibility index (Phi) is 4.30. The number of benzene rings is 1. The molecule has 0 fully saturated rings. The first-order valence-electron chi connectivity index (χ1n) is 6.49. The summed E-state index contributed by atoms with van der Waals surface area (Å²) in [5.74, 6) is 6.91. The molecular formula is C15H20N4S. The second-order valence-electron chi connectivity index (χ2n) is 5.72. The molecule has 20 heavy (non-hydrogen) atoms. The molecule has 0 unspecified atom stereocenters. The molecule has 4 nitrogen and oxygen atoms in total. The molecule has 1 heterocycles. The fourth-order valence-corrected chi connectivity index (χ4v) is 2.43. The summed E-state index contributed by atoms with van der Waals surface area (Å²) < 4.78 is 0. The van der Waals surface area contributed by atoms with Gasteiger partial charge in [0.25, 0.3) is 0 Å². The maximum atomic E-state index is 5.49. The summed E-state index contributed by atoms with van der Waals surface area (Å²) in [7, 11) is 0. The van der Waals surface area contributed by atoms with Gasteiger partial charge in [0.15, 0.2) is 0 Å². The van der Waals surface area contributed by atoms with Crippen molar-refractivity contribution in [1.29, 1.82) is 0 Å². The average Bonchev–Trinajstić information content (AvgIpc) is 2.40. The number of anilines is 1. The van der Waals surface area contributed by atoms with Gasteiger partial charge in [-0.3, -0.25) is 0 Å². The van der Waals surface area contributed by atoms with E-state index in [1.807, 2.05) is 6.07 Å². The van der Waals surface area contributed by atoms with Gasteiger partial charge in [-0.2, -0.15) is 0 Å². The first-order chi connectivity index (χ1) is 9.38. The third-order valence-corrected chi connectivity index (χ3v) is 3.69. The fourth-order valence-electron chi connectivity index (χ4n) is 1.61. The Balaban J connectivity index is 2.33. The number of aromatic nitrogens is 2. The van der Waals surface area contributed by atoms with E-state index in [-0.39, 0.29) is 5.41 Å². The minimum Gasteiger partial charge on any atom is -0.308 e. The van der Waals surface area contributed by atoms with Crippen LogP contribution in [0.1, 0.15) is 32.2 Å². The molecule has 0 atom stereocenters. The van der Waals surface area contributed by atoms with Crippen molar-refractivity contribution in [3.8, 4) is 0 Å². The summed E-state index contributed by atoms with van der Waals surface area (Å²) in [4.78, 5) is 10.2. The summed E-state index contributed by atoms with van der Waals surface area (Å²) in [5.41, 5.74) is 3.74. The molecule has 0 bridgehead atoms. The van der Waals surface area contributed by atoms with Crippen LogP contribution in [-0.2, 0) is 5.41 Å². The highest BCUT2D eigenvalue weighted by molar-refractivity contribution is 7.99. The summed E-state index contributed by atoms with van der Waals surface area (Å²) in [5, 5.41) is 0.890. The van der Waals surface area contributed by atoms with E-state index in [2.05, 4.69) is 67.4 Å². The van der Waals surface area contributed by atoms with E-state index >= 15 is 0 Å². The molecule has 1 aromatic carbocycles. The van der Waals surface area contributed by atoms with Crippen LogP contribution in [0.5, 0.6) is 0 Å². The first-order valence-corrected chi connectivity index (χ1v) is 7.31. The third kappa shape index (κ3) is 3.71. The van der Waals surface area contributed by atoms with Gasteiger partial charge in [0, 0.05) is 16.4 Å². The maximum absolute atomic E-state index is 5.49. The Morgan fingerprint density at radius 3 is 2.30 bits per heavy atom. The van der Waals surface area contributed by atoms with Crippen LogP contribution in [0.2, 0.25) is 0 Å². The number of nitrogens with two attached hydrogens (primary N) is 1. The first kappa shape index (κ1) is 14.8. The molecule has 5 heteroatoms. The Labute approximate surface area is 124 Å². The molecule has 0 saturated heterocycles. The Morgan fingerprint density at radius 1 is 1.10 bits per heavy atom. The Hall–Kier alpha value is -1.59. The van der Waals surface area contributed by atoms with Gasteiger partial charge in [0.1, 0.15) is 16.7 Å². The molecule has 106 valence electrons. The van der Waals surface area contributed by atoms with E-state index in [4.69, 9.17) is 5.84 Å². The summed E-state index contributed by atoms with van der Waals surface area (Å²) in [6, 6.07) is 10.2. The van der Waals surface area contributed by atoms with Crippen molar-refractivity contribution in [3.05, 3.63) is 41.7 Å². The minimum atomic E-state index is -0.116. The van der Waals surface area contributed by atoms with Crippen molar-refractivity contribution in [2.24, 2.45) is 5.84 Å². The molecule has 2 aromatic rings. The molecule has 0 amide bonds. The van der Waals surface area contributed by atoms with Gasteiger partial charge in [-0.25, -0.2) is 15.8 Å². The lowest BCUT2D eigenvalue weighted by Crippen LogP contribution is -2.19. The molecule has 0 aliphatic heterocycles. The topological polar surface area (TPSA) is 63.8 Å². The molecule has 0 spiro atoms. The molecule has 0 aliphatic carbocycles. The zero-order chi connectivity index (χ0) is 14.8.